The molecule has 1 fully saturated rings. The first-order chi connectivity index (χ1) is 12.2. The number of anilines is 2. The van der Waals surface area contributed by atoms with Gasteiger partial charge >= 0.3 is 0 Å². The molecule has 0 unspecified atom stereocenters. The molecule has 1 aliphatic carbocycles. The Labute approximate surface area is 149 Å². The molecule has 4 rings (SSSR count). The first-order valence-corrected chi connectivity index (χ1v) is 9.32. The topological polar surface area (TPSA) is 61.3 Å². The number of hydrogen-bond donors (Lipinski definition) is 2. The quantitative estimate of drug-likeness (QED) is 0.894. The molecule has 1 atom stereocenters. The van der Waals surface area contributed by atoms with Crippen LogP contribution < -0.4 is 10.2 Å². The summed E-state index contributed by atoms with van der Waals surface area (Å²) >= 11 is 0. The van der Waals surface area contributed by atoms with Gasteiger partial charge in [0.05, 0.1) is 6.10 Å². The van der Waals surface area contributed by atoms with Crippen LogP contribution in [-0.4, -0.2) is 27.7 Å². The second-order valence-electron chi connectivity index (χ2n) is 7.26. The predicted molar refractivity (Wildman–Crippen MR) is 99.7 cm³/mol. The van der Waals surface area contributed by atoms with Gasteiger partial charge in [-0.3, -0.25) is 0 Å². The van der Waals surface area contributed by atoms with Crippen molar-refractivity contribution in [2.75, 3.05) is 16.8 Å². The molecule has 2 aliphatic rings. The molecule has 0 amide bonds. The summed E-state index contributed by atoms with van der Waals surface area (Å²) in [5.74, 6) is 1.92. The van der Waals surface area contributed by atoms with E-state index in [1.54, 1.807) is 6.33 Å². The fraction of sp³-hybridized carbons (Fsp3) is 0.500. The van der Waals surface area contributed by atoms with Crippen LogP contribution in [0.5, 0.6) is 0 Å². The molecule has 0 bridgehead atoms. The van der Waals surface area contributed by atoms with Crippen LogP contribution >= 0.6 is 0 Å². The number of hydrogen-bond acceptors (Lipinski definition) is 5. The number of aromatic nitrogens is 2. The maximum atomic E-state index is 9.77. The molecule has 0 spiro atoms. The highest BCUT2D eigenvalue weighted by Gasteiger charge is 2.20. The summed E-state index contributed by atoms with van der Waals surface area (Å²) in [5, 5.41) is 13.3. The molecule has 2 heterocycles. The molecule has 2 aromatic rings. The van der Waals surface area contributed by atoms with Crippen LogP contribution in [0.15, 0.2) is 30.6 Å². The standard InChI is InChI=1S/C20H26N4O/c1-14(25)15-6-7-17-12-24(9-8-16(17)10-15)20-11-19(21-13-22-20)23-18-4-2-3-5-18/h6-7,10-11,13-14,18,25H,2-5,8-9,12H2,1H3,(H,21,22,23)/t14-/m0/s1. The SMILES string of the molecule is C[C@H](O)c1ccc2c(c1)CCN(c1cc(NC3CCCC3)ncn1)C2. The van der Waals surface area contributed by atoms with Crippen molar-refractivity contribution in [2.24, 2.45) is 0 Å². The summed E-state index contributed by atoms with van der Waals surface area (Å²) in [5.41, 5.74) is 3.66. The van der Waals surface area contributed by atoms with E-state index in [1.165, 1.54) is 36.8 Å². The third-order valence-electron chi connectivity index (χ3n) is 5.41. The van der Waals surface area contributed by atoms with Crippen molar-refractivity contribution in [1.82, 2.24) is 9.97 Å². The minimum absolute atomic E-state index is 0.408. The molecule has 1 aromatic carbocycles. The molecule has 1 aliphatic heterocycles. The molecule has 1 saturated carbocycles. The fourth-order valence-electron chi connectivity index (χ4n) is 3.91. The number of benzene rings is 1. The van der Waals surface area contributed by atoms with Crippen molar-refractivity contribution >= 4 is 11.6 Å². The molecular formula is C20H26N4O. The lowest BCUT2D eigenvalue weighted by Crippen LogP contribution is -2.31. The molecule has 2 N–H and O–H groups in total. The predicted octanol–water partition coefficient (Wildman–Crippen LogP) is 3.45. The van der Waals surface area contributed by atoms with Crippen molar-refractivity contribution in [3.05, 3.63) is 47.3 Å². The van der Waals surface area contributed by atoms with E-state index in [-0.39, 0.29) is 0 Å². The van der Waals surface area contributed by atoms with Gasteiger partial charge in [0, 0.05) is 25.2 Å². The van der Waals surface area contributed by atoms with Crippen LogP contribution in [0.3, 0.4) is 0 Å². The highest BCUT2D eigenvalue weighted by atomic mass is 16.3. The lowest BCUT2D eigenvalue weighted by molar-refractivity contribution is 0.199. The minimum Gasteiger partial charge on any atom is -0.389 e. The normalized spacial score (nSPS) is 18.9. The number of aliphatic hydroxyl groups excluding tert-OH is 1. The smallest absolute Gasteiger partial charge is 0.134 e. The van der Waals surface area contributed by atoms with Crippen molar-refractivity contribution in [3.63, 3.8) is 0 Å². The minimum atomic E-state index is -0.408. The Morgan fingerprint density at radius 3 is 2.80 bits per heavy atom. The monoisotopic (exact) mass is 338 g/mol. The van der Waals surface area contributed by atoms with E-state index in [0.717, 1.165) is 36.7 Å². The Morgan fingerprint density at radius 2 is 2.00 bits per heavy atom. The first-order valence-electron chi connectivity index (χ1n) is 9.32. The van der Waals surface area contributed by atoms with Gasteiger partial charge in [0.1, 0.15) is 18.0 Å². The average Bonchev–Trinajstić information content (AvgIpc) is 3.14. The van der Waals surface area contributed by atoms with Crippen molar-refractivity contribution in [3.8, 4) is 0 Å². The Bertz CT molecular complexity index is 740. The fourth-order valence-corrected chi connectivity index (χ4v) is 3.91. The van der Waals surface area contributed by atoms with E-state index < -0.39 is 6.10 Å². The third kappa shape index (κ3) is 3.61. The molecule has 1 aromatic heterocycles. The van der Waals surface area contributed by atoms with Crippen LogP contribution in [0, 0.1) is 0 Å². The van der Waals surface area contributed by atoms with Gasteiger partial charge in [-0.25, -0.2) is 9.97 Å². The highest BCUT2D eigenvalue weighted by molar-refractivity contribution is 5.51. The molecule has 0 radical (unpaired) electrons. The van der Waals surface area contributed by atoms with Crippen LogP contribution in [0.4, 0.5) is 11.6 Å². The molecule has 25 heavy (non-hydrogen) atoms. The number of aliphatic hydroxyl groups is 1. The van der Waals surface area contributed by atoms with Gasteiger partial charge in [0.25, 0.3) is 0 Å². The van der Waals surface area contributed by atoms with Gasteiger partial charge in [-0.1, -0.05) is 31.0 Å². The summed E-state index contributed by atoms with van der Waals surface area (Å²) in [6, 6.07) is 8.95. The lowest BCUT2D eigenvalue weighted by atomic mass is 9.96. The Morgan fingerprint density at radius 1 is 1.16 bits per heavy atom. The van der Waals surface area contributed by atoms with Gasteiger partial charge < -0.3 is 15.3 Å². The zero-order chi connectivity index (χ0) is 17.2. The molecule has 5 nitrogen and oxygen atoms in total. The third-order valence-corrected chi connectivity index (χ3v) is 5.41. The largest absolute Gasteiger partial charge is 0.389 e. The van der Waals surface area contributed by atoms with Crippen molar-refractivity contribution in [1.29, 1.82) is 0 Å². The van der Waals surface area contributed by atoms with E-state index in [0.29, 0.717) is 6.04 Å². The average molecular weight is 338 g/mol. The van der Waals surface area contributed by atoms with Crippen molar-refractivity contribution in [2.45, 2.75) is 57.7 Å². The second kappa shape index (κ2) is 7.00. The summed E-state index contributed by atoms with van der Waals surface area (Å²) in [7, 11) is 0. The van der Waals surface area contributed by atoms with E-state index in [2.05, 4.69) is 38.4 Å². The van der Waals surface area contributed by atoms with Gasteiger partial charge in [-0.2, -0.15) is 0 Å². The van der Waals surface area contributed by atoms with E-state index in [9.17, 15) is 5.11 Å². The Balaban J connectivity index is 1.49. The van der Waals surface area contributed by atoms with Crippen LogP contribution in [-0.2, 0) is 13.0 Å². The molecule has 0 saturated heterocycles. The summed E-state index contributed by atoms with van der Waals surface area (Å²) in [6.07, 6.45) is 7.34. The van der Waals surface area contributed by atoms with E-state index in [4.69, 9.17) is 0 Å². The summed E-state index contributed by atoms with van der Waals surface area (Å²) in [6.45, 7) is 3.61. The highest BCUT2D eigenvalue weighted by Crippen LogP contribution is 2.27. The number of nitrogens with zero attached hydrogens (tertiary/aromatic N) is 3. The van der Waals surface area contributed by atoms with E-state index in [1.807, 2.05) is 13.0 Å². The maximum absolute atomic E-state index is 9.77. The zero-order valence-corrected chi connectivity index (χ0v) is 14.8. The van der Waals surface area contributed by atoms with Crippen LogP contribution in [0.2, 0.25) is 0 Å². The molecular weight excluding hydrogens is 312 g/mol. The number of fused-ring (bicyclic) bond motifs is 1. The maximum Gasteiger partial charge on any atom is 0.134 e. The van der Waals surface area contributed by atoms with Gasteiger partial charge in [0.2, 0.25) is 0 Å². The Hall–Kier alpha value is -2.14. The second-order valence-corrected chi connectivity index (χ2v) is 7.26. The van der Waals surface area contributed by atoms with Crippen molar-refractivity contribution < 1.29 is 5.11 Å². The van der Waals surface area contributed by atoms with Gasteiger partial charge in [-0.15, -0.1) is 0 Å². The van der Waals surface area contributed by atoms with Crippen LogP contribution in [0.25, 0.3) is 0 Å². The van der Waals surface area contributed by atoms with E-state index >= 15 is 0 Å². The van der Waals surface area contributed by atoms with Gasteiger partial charge in [-0.05, 0) is 42.9 Å². The first kappa shape index (κ1) is 16.3. The number of rotatable bonds is 4. The zero-order valence-electron chi connectivity index (χ0n) is 14.8. The molecule has 132 valence electrons. The van der Waals surface area contributed by atoms with Gasteiger partial charge in [0.15, 0.2) is 0 Å². The molecule has 5 heteroatoms. The summed E-state index contributed by atoms with van der Waals surface area (Å²) in [4.78, 5) is 11.2. The lowest BCUT2D eigenvalue weighted by Gasteiger charge is -2.30. The van der Waals surface area contributed by atoms with Crippen LogP contribution in [0.1, 0.15) is 55.4 Å². The Kier molecular flexibility index (Phi) is 4.57. The number of nitrogens with one attached hydrogen (secondary N) is 1. The summed E-state index contributed by atoms with van der Waals surface area (Å²) < 4.78 is 0.